The molecular weight excluding hydrogens is 2090 g/mol. The summed E-state index contributed by atoms with van der Waals surface area (Å²) in [7, 11) is -18.0. The summed E-state index contributed by atoms with van der Waals surface area (Å²) in [5.74, 6) is -0.345. The number of phosphoric ester groups is 1. The monoisotopic (exact) mass is 2210 g/mol. The average molecular weight is 2210 g/mol. The molecular formula is C109H124Cl2F4N11O16P3S4. The number of phosphoric acid groups is 1. The molecule has 40 heteroatoms. The van der Waals surface area contributed by atoms with Crippen LogP contribution in [0.5, 0.6) is 0 Å². The van der Waals surface area contributed by atoms with Gasteiger partial charge in [0.2, 0.25) is 0 Å². The molecule has 12 aromatic rings. The van der Waals surface area contributed by atoms with Crippen LogP contribution in [0.3, 0.4) is 0 Å². The van der Waals surface area contributed by atoms with E-state index in [1.807, 2.05) is 193 Å². The number of halogens is 6. The van der Waals surface area contributed by atoms with Crippen LogP contribution in [0.4, 0.5) is 57.4 Å². The average Bonchev–Trinajstić information content (AvgIpc) is 1.74. The van der Waals surface area contributed by atoms with Crippen LogP contribution in [0.2, 0.25) is 10.0 Å². The van der Waals surface area contributed by atoms with Crippen molar-refractivity contribution in [2.24, 2.45) is 17.8 Å². The van der Waals surface area contributed by atoms with Gasteiger partial charge in [0.05, 0.1) is 75.2 Å². The van der Waals surface area contributed by atoms with Crippen LogP contribution in [0.25, 0.3) is 44.8 Å². The number of alkyl halides is 3. The van der Waals surface area contributed by atoms with E-state index in [4.69, 9.17) is 46.6 Å². The summed E-state index contributed by atoms with van der Waals surface area (Å²) < 4.78 is 179. The molecule has 5 aliphatic heterocycles. The summed E-state index contributed by atoms with van der Waals surface area (Å²) in [4.78, 5) is 57.9. The van der Waals surface area contributed by atoms with E-state index in [1.54, 1.807) is 71.9 Å². The standard InChI is InChI=1S/C57H65ClF3N5O10P2S2.C52H59ClFN6O6PS2/c1-39(2)66-40(3)53(56(67)68)54(55(66)43-12-15-46(58)16-13-43)45-8-7-9-49(35-45)64-30-28-63(29-31-64)47-17-19-48(20-18-47)65-32-33-75-77(65,69)50-21-14-44(52(36-50)80(73,74)57(59,60)61)34-42(38-79-51-10-5-4-6-11-51)24-27-62-25-22-41(23-26-62)37-76-78(70,71)72;1-36(2)59-37(3)52(69(6,64)65)50(51(59)39-12-15-42(53)16-13-39)41-31-43(54)33-46(32-41)57-26-24-56(25-27-57)44-17-19-45(20-18-44)58-28-29-66-67(58,63)47-21-14-40(49(34-47)60(61)62)30-38(22-23-55(4)5)35-68-48-10-8-7-9-11-48/h4-21,35-36,39,41-42H,22-34,37-38H2,1-3H3,(H,67,68)(H2,70,71,72);7-21,31-34,36,38H,22-30,35H2,1-6H3/t42-,77+;38-,67-/m00/s1. The summed E-state index contributed by atoms with van der Waals surface area (Å²) in [5, 5.41) is 24.4. The molecule has 149 heavy (non-hydrogen) atoms. The van der Waals surface area contributed by atoms with Gasteiger partial charge in [-0.15, -0.1) is 23.5 Å². The molecule has 0 aliphatic carbocycles. The molecule has 0 spiro atoms. The van der Waals surface area contributed by atoms with Crippen molar-refractivity contribution in [2.45, 2.75) is 117 Å². The maximum atomic E-state index is 15.8. The Labute approximate surface area is 887 Å². The minimum Gasteiger partial charge on any atom is -0.478 e. The van der Waals surface area contributed by atoms with Crippen molar-refractivity contribution in [3.8, 4) is 44.8 Å². The van der Waals surface area contributed by atoms with Crippen molar-refractivity contribution in [2.75, 3.05) is 172 Å². The molecule has 3 N–H and O–H groups in total. The van der Waals surface area contributed by atoms with Gasteiger partial charge in [-0.3, -0.25) is 33.1 Å². The summed E-state index contributed by atoms with van der Waals surface area (Å²) in [6.45, 7) is 20.0. The lowest BCUT2D eigenvalue weighted by Gasteiger charge is -2.37. The van der Waals surface area contributed by atoms with E-state index in [-0.39, 0.29) is 94.6 Å². The quantitative estimate of drug-likeness (QED) is 0.0107. The fraction of sp³-hybridized carbons (Fsp3) is 0.367. The number of piperidine rings is 1. The predicted octanol–water partition coefficient (Wildman–Crippen LogP) is 23.6. The zero-order chi connectivity index (χ0) is 106. The second-order valence-corrected chi connectivity index (χ2v) is 51.9. The van der Waals surface area contributed by atoms with E-state index in [0.29, 0.717) is 182 Å². The van der Waals surface area contributed by atoms with Gasteiger partial charge in [0.25, 0.3) is 15.5 Å². The first-order chi connectivity index (χ1) is 70.9. The Balaban J connectivity index is 0.000000215. The van der Waals surface area contributed by atoms with Gasteiger partial charge in [0, 0.05) is 170 Å². The lowest BCUT2D eigenvalue weighted by Crippen LogP contribution is -2.46. The number of likely N-dealkylation sites (tertiary alicyclic amines) is 1. The first kappa shape index (κ1) is 111. The molecule has 0 bridgehead atoms. The Morgan fingerprint density at radius 2 is 1.01 bits per heavy atom. The van der Waals surface area contributed by atoms with E-state index in [9.17, 15) is 59.2 Å². The number of hydrogen-bond donors (Lipinski definition) is 3. The molecule has 0 saturated carbocycles. The third kappa shape index (κ3) is 25.9. The summed E-state index contributed by atoms with van der Waals surface area (Å²) >= 11 is 15.8. The van der Waals surface area contributed by atoms with E-state index in [2.05, 4.69) is 46.1 Å². The van der Waals surface area contributed by atoms with Crippen LogP contribution < -0.4 is 39.5 Å². The van der Waals surface area contributed by atoms with E-state index in [1.165, 1.54) is 53.0 Å². The third-order valence-electron chi connectivity index (χ3n) is 28.2. The topological polar surface area (TPSA) is 304 Å². The Kier molecular flexibility index (Phi) is 35.5. The van der Waals surface area contributed by atoms with Gasteiger partial charge in [-0.25, -0.2) is 30.6 Å². The van der Waals surface area contributed by atoms with Crippen LogP contribution >= 0.6 is 69.6 Å². The van der Waals surface area contributed by atoms with E-state index in [0.717, 1.165) is 74.0 Å². The highest BCUT2D eigenvalue weighted by molar-refractivity contribution is 7.99. The number of thioether (sulfide) groups is 2. The summed E-state index contributed by atoms with van der Waals surface area (Å²) in [6, 6.07) is 70.7. The Bertz CT molecular complexity index is 7190. The molecule has 17 rings (SSSR count). The highest BCUT2D eigenvalue weighted by Gasteiger charge is 2.50. The number of nitrogens with zero attached hydrogens (tertiary/aromatic N) is 11. The first-order valence-corrected chi connectivity index (χ1v) is 60.5. The minimum atomic E-state index is -5.93. The van der Waals surface area contributed by atoms with Crippen LogP contribution in [-0.2, 0) is 59.8 Å². The highest BCUT2D eigenvalue weighted by atomic mass is 35.5. The number of piperazine rings is 2. The summed E-state index contributed by atoms with van der Waals surface area (Å²) in [5.41, 5.74) is 6.44. The number of aromatic nitrogens is 2. The number of carboxylic acids is 1. The number of carbonyl (C=O) groups is 1. The molecule has 4 atom stereocenters. The molecule has 0 unspecified atom stereocenters. The van der Waals surface area contributed by atoms with Crippen molar-refractivity contribution in [3.63, 3.8) is 0 Å². The van der Waals surface area contributed by atoms with Crippen LogP contribution in [0.15, 0.2) is 256 Å². The molecule has 27 nitrogen and oxygen atoms in total. The number of hydrogen-bond acceptors (Lipinski definition) is 21. The van der Waals surface area contributed by atoms with Gasteiger partial charge in [-0.2, -0.15) is 13.2 Å². The van der Waals surface area contributed by atoms with Crippen LogP contribution in [0, 0.1) is 47.5 Å². The fourth-order valence-electron chi connectivity index (χ4n) is 20.8. The summed E-state index contributed by atoms with van der Waals surface area (Å²) in [6.07, 6.45) is 4.37. The Morgan fingerprint density at radius 1 is 0.550 bits per heavy atom. The van der Waals surface area contributed by atoms with Gasteiger partial charge >= 0.3 is 34.3 Å². The van der Waals surface area contributed by atoms with E-state index < -0.39 is 64.7 Å². The molecule has 792 valence electrons. The maximum absolute atomic E-state index is 15.8. The number of carboxylic acid groups (broad SMARTS) is 1. The normalized spacial score (nSPS) is 17.7. The molecule has 7 heterocycles. The van der Waals surface area contributed by atoms with Crippen LogP contribution in [-0.4, -0.2) is 210 Å². The van der Waals surface area contributed by atoms with Gasteiger partial charge in [-0.1, -0.05) is 108 Å². The van der Waals surface area contributed by atoms with Gasteiger partial charge in [-0.05, 0) is 312 Å². The lowest BCUT2D eigenvalue weighted by molar-refractivity contribution is -0.385. The molecule has 2 aromatic heterocycles. The van der Waals surface area contributed by atoms with Crippen molar-refractivity contribution in [1.82, 2.24) is 18.9 Å². The highest BCUT2D eigenvalue weighted by Crippen LogP contribution is 2.59. The maximum Gasteiger partial charge on any atom is 0.501 e. The number of aromatic carboxylic acids is 1. The predicted molar refractivity (Wildman–Crippen MR) is 590 cm³/mol. The minimum absolute atomic E-state index is 0.0127. The zero-order valence-electron chi connectivity index (χ0n) is 84.4. The largest absolute Gasteiger partial charge is 0.501 e. The van der Waals surface area contributed by atoms with Crippen LogP contribution in [0.1, 0.15) is 98.3 Å². The van der Waals surface area contributed by atoms with Gasteiger partial charge in [0.15, 0.2) is 9.84 Å². The zero-order valence-corrected chi connectivity index (χ0v) is 91.9. The number of benzene rings is 10. The van der Waals surface area contributed by atoms with Gasteiger partial charge < -0.3 is 62.5 Å². The molecule has 0 radical (unpaired) electrons. The third-order valence-corrected chi connectivity index (χ3v) is 39.5. The first-order valence-electron chi connectivity index (χ1n) is 49.7. The van der Waals surface area contributed by atoms with Crippen molar-refractivity contribution in [1.29, 1.82) is 0 Å². The van der Waals surface area contributed by atoms with Gasteiger partial charge in [0.1, 0.15) is 5.82 Å². The second-order valence-electron chi connectivity index (χ2n) is 39.2. The molecule has 10 aromatic carbocycles. The fourth-order valence-corrected chi connectivity index (χ4v) is 30.4. The SMILES string of the molecule is Cc1c(C(=O)O)c(-c2cccc(N3CCN(c4ccc(N5CCO[P@]5(=O)c5ccc(C[C@H](CCN6CCC(COP(=O)(O)O)CC6)CSc6ccccc6)c(S(=O)(=O)C(F)(F)F)c5)cc4)CC3)c2)c(-c2ccc(Cl)cc2)n1C(C)C.Cc1c(S(C)(=O)=O)c(-c2cc(F)cc(N3CCN(c4ccc(N5CCO[P@@]5(=O)c5ccc(C[C@H](CCN(C)C)CSc6ccccc6)c([N+](=O)[O-])c5)cc4)CC3)c2)c(-c2ccc(Cl)cc2)n1C(C)C. The number of anilines is 6. The molecule has 5 fully saturated rings. The second kappa shape index (κ2) is 47.5. The smallest absolute Gasteiger partial charge is 0.478 e. The van der Waals surface area contributed by atoms with E-state index >= 15 is 8.96 Å². The van der Waals surface area contributed by atoms with Crippen molar-refractivity contribution < 1.29 is 86.3 Å². The number of sulfone groups is 2. The molecule has 5 aliphatic rings. The van der Waals surface area contributed by atoms with Crippen molar-refractivity contribution >= 4 is 146 Å². The number of nitro groups is 1. The number of nitro benzene ring substituents is 1. The Morgan fingerprint density at radius 3 is 1.48 bits per heavy atom. The molecule has 5 saturated heterocycles. The number of rotatable bonds is 37. The molecule has 0 amide bonds. The lowest BCUT2D eigenvalue weighted by atomic mass is 9.95. The Hall–Kier alpha value is -10.3. The van der Waals surface area contributed by atoms with Crippen molar-refractivity contribution in [3.05, 3.63) is 291 Å².